The largest absolute Gasteiger partial charge is 0.310 e. The van der Waals surface area contributed by atoms with Gasteiger partial charge in [-0.3, -0.25) is 9.69 Å². The van der Waals surface area contributed by atoms with Gasteiger partial charge in [0, 0.05) is 23.7 Å². The SMILES string of the molecule is CC(C(=O)N1CCc2ccccc21)N(C)Cc1ccc(Br)s1. The minimum atomic E-state index is -0.132. The summed E-state index contributed by atoms with van der Waals surface area (Å²) in [5.74, 6) is 0.183. The molecule has 1 aliphatic rings. The molecule has 1 aliphatic heterocycles. The van der Waals surface area contributed by atoms with Crippen molar-refractivity contribution in [2.45, 2.75) is 25.9 Å². The number of amides is 1. The Balaban J connectivity index is 1.69. The predicted octanol–water partition coefficient (Wildman–Crippen LogP) is 3.92. The molecule has 1 aromatic heterocycles. The predicted molar refractivity (Wildman–Crippen MR) is 95.4 cm³/mol. The zero-order chi connectivity index (χ0) is 15.7. The molecule has 0 bridgehead atoms. The van der Waals surface area contributed by atoms with E-state index in [0.29, 0.717) is 0 Å². The first-order valence-corrected chi connectivity index (χ1v) is 9.01. The molecule has 1 aromatic carbocycles. The molecule has 0 fully saturated rings. The lowest BCUT2D eigenvalue weighted by molar-refractivity contribution is -0.122. The van der Waals surface area contributed by atoms with Crippen molar-refractivity contribution in [3.05, 3.63) is 50.6 Å². The van der Waals surface area contributed by atoms with E-state index in [2.05, 4.69) is 39.0 Å². The topological polar surface area (TPSA) is 23.6 Å². The van der Waals surface area contributed by atoms with Crippen LogP contribution in [0.5, 0.6) is 0 Å². The Morgan fingerprint density at radius 1 is 1.36 bits per heavy atom. The summed E-state index contributed by atoms with van der Waals surface area (Å²) in [6.07, 6.45) is 0.955. The molecule has 0 aliphatic carbocycles. The minimum absolute atomic E-state index is 0.132. The van der Waals surface area contributed by atoms with Gasteiger partial charge in [0.05, 0.1) is 9.83 Å². The van der Waals surface area contributed by atoms with Crippen molar-refractivity contribution in [1.82, 2.24) is 4.90 Å². The highest BCUT2D eigenvalue weighted by atomic mass is 79.9. The Labute approximate surface area is 143 Å². The van der Waals surface area contributed by atoms with E-state index in [-0.39, 0.29) is 11.9 Å². The third kappa shape index (κ3) is 3.12. The van der Waals surface area contributed by atoms with Crippen molar-refractivity contribution in [1.29, 1.82) is 0 Å². The number of carbonyl (C=O) groups excluding carboxylic acids is 1. The van der Waals surface area contributed by atoms with Crippen LogP contribution >= 0.6 is 27.3 Å². The fraction of sp³-hybridized carbons (Fsp3) is 0.353. The molecule has 5 heteroatoms. The van der Waals surface area contributed by atoms with Crippen molar-refractivity contribution < 1.29 is 4.79 Å². The van der Waals surface area contributed by atoms with Gasteiger partial charge < -0.3 is 4.90 Å². The van der Waals surface area contributed by atoms with Crippen LogP contribution in [-0.2, 0) is 17.8 Å². The summed E-state index contributed by atoms with van der Waals surface area (Å²) in [6, 6.07) is 12.2. The quantitative estimate of drug-likeness (QED) is 0.804. The average Bonchev–Trinajstić information content (AvgIpc) is 3.12. The van der Waals surface area contributed by atoms with Crippen LogP contribution in [0.1, 0.15) is 17.4 Å². The molecule has 1 atom stereocenters. The Hall–Kier alpha value is -1.17. The maximum atomic E-state index is 12.8. The smallest absolute Gasteiger partial charge is 0.244 e. The van der Waals surface area contributed by atoms with Crippen LogP contribution in [0.25, 0.3) is 0 Å². The van der Waals surface area contributed by atoms with Crippen LogP contribution in [0.2, 0.25) is 0 Å². The van der Waals surface area contributed by atoms with Crippen LogP contribution in [0.4, 0.5) is 5.69 Å². The summed E-state index contributed by atoms with van der Waals surface area (Å²) in [4.78, 5) is 18.1. The number of anilines is 1. The van der Waals surface area contributed by atoms with E-state index in [1.54, 1.807) is 11.3 Å². The summed E-state index contributed by atoms with van der Waals surface area (Å²) in [7, 11) is 2.01. The normalized spacial score (nSPS) is 15.2. The lowest BCUT2D eigenvalue weighted by atomic mass is 10.2. The van der Waals surface area contributed by atoms with E-state index in [9.17, 15) is 4.79 Å². The van der Waals surface area contributed by atoms with Crippen LogP contribution in [0.3, 0.4) is 0 Å². The number of para-hydroxylation sites is 1. The van der Waals surface area contributed by atoms with Gasteiger partial charge in [-0.05, 0) is 60.1 Å². The first-order chi connectivity index (χ1) is 10.6. The number of nitrogens with zero attached hydrogens (tertiary/aromatic N) is 2. The molecule has 1 amide bonds. The van der Waals surface area contributed by atoms with E-state index in [4.69, 9.17) is 0 Å². The highest BCUT2D eigenvalue weighted by molar-refractivity contribution is 9.11. The molecule has 3 nitrogen and oxygen atoms in total. The van der Waals surface area contributed by atoms with Crippen LogP contribution in [0, 0.1) is 0 Å². The third-order valence-electron chi connectivity index (χ3n) is 4.21. The molecule has 0 N–H and O–H groups in total. The van der Waals surface area contributed by atoms with Gasteiger partial charge >= 0.3 is 0 Å². The molecule has 2 heterocycles. The van der Waals surface area contributed by atoms with Gasteiger partial charge in [-0.25, -0.2) is 0 Å². The Morgan fingerprint density at radius 3 is 2.86 bits per heavy atom. The van der Waals surface area contributed by atoms with Crippen molar-refractivity contribution in [2.75, 3.05) is 18.5 Å². The van der Waals surface area contributed by atoms with E-state index < -0.39 is 0 Å². The second kappa shape index (κ2) is 6.52. The standard InChI is InChI=1S/C17H19BrN2OS/c1-12(19(2)11-14-7-8-16(18)22-14)17(21)20-10-9-13-5-3-4-6-15(13)20/h3-8,12H,9-11H2,1-2H3. The van der Waals surface area contributed by atoms with Crippen molar-refractivity contribution in [2.24, 2.45) is 0 Å². The maximum absolute atomic E-state index is 12.8. The number of fused-ring (bicyclic) bond motifs is 1. The van der Waals surface area contributed by atoms with Gasteiger partial charge in [-0.2, -0.15) is 0 Å². The van der Waals surface area contributed by atoms with Gasteiger partial charge in [0.2, 0.25) is 5.91 Å². The van der Waals surface area contributed by atoms with Gasteiger partial charge in [-0.15, -0.1) is 11.3 Å². The first-order valence-electron chi connectivity index (χ1n) is 7.40. The Bertz CT molecular complexity index is 685. The average molecular weight is 379 g/mol. The summed E-state index contributed by atoms with van der Waals surface area (Å²) < 4.78 is 1.13. The second-order valence-electron chi connectivity index (χ2n) is 5.67. The molecular formula is C17H19BrN2OS. The number of benzene rings is 1. The first kappa shape index (κ1) is 15.7. The Morgan fingerprint density at radius 2 is 2.14 bits per heavy atom. The molecule has 0 saturated carbocycles. The third-order valence-corrected chi connectivity index (χ3v) is 5.81. The molecule has 0 saturated heterocycles. The minimum Gasteiger partial charge on any atom is -0.310 e. The molecule has 1 unspecified atom stereocenters. The van der Waals surface area contributed by atoms with Gasteiger partial charge in [0.15, 0.2) is 0 Å². The Kier molecular flexibility index (Phi) is 4.66. The molecule has 3 rings (SSSR count). The van der Waals surface area contributed by atoms with E-state index >= 15 is 0 Å². The molecule has 0 radical (unpaired) electrons. The summed E-state index contributed by atoms with van der Waals surface area (Å²) in [6.45, 7) is 3.57. The monoisotopic (exact) mass is 378 g/mol. The molecular weight excluding hydrogens is 360 g/mol. The molecule has 22 heavy (non-hydrogen) atoms. The van der Waals surface area contributed by atoms with Gasteiger partial charge in [0.1, 0.15) is 0 Å². The number of carbonyl (C=O) groups is 1. The van der Waals surface area contributed by atoms with Crippen LogP contribution < -0.4 is 4.90 Å². The summed E-state index contributed by atoms with van der Waals surface area (Å²) in [5, 5.41) is 0. The van der Waals surface area contributed by atoms with Crippen LogP contribution in [-0.4, -0.2) is 30.4 Å². The maximum Gasteiger partial charge on any atom is 0.244 e. The van der Waals surface area contributed by atoms with E-state index in [1.165, 1.54) is 10.4 Å². The number of likely N-dealkylation sites (N-methyl/N-ethyl adjacent to an activating group) is 1. The lowest BCUT2D eigenvalue weighted by Gasteiger charge is -2.28. The second-order valence-corrected chi connectivity index (χ2v) is 8.21. The number of thiophene rings is 1. The van der Waals surface area contributed by atoms with Gasteiger partial charge in [-0.1, -0.05) is 18.2 Å². The van der Waals surface area contributed by atoms with E-state index in [0.717, 1.165) is 29.0 Å². The fourth-order valence-corrected chi connectivity index (χ4v) is 4.35. The highest BCUT2D eigenvalue weighted by Gasteiger charge is 2.29. The summed E-state index contributed by atoms with van der Waals surface area (Å²) in [5.41, 5.74) is 2.35. The number of halogens is 1. The number of hydrogen-bond acceptors (Lipinski definition) is 3. The van der Waals surface area contributed by atoms with E-state index in [1.807, 2.05) is 37.1 Å². The zero-order valence-corrected chi connectivity index (χ0v) is 15.2. The molecule has 2 aromatic rings. The fourth-order valence-electron chi connectivity index (χ4n) is 2.80. The summed E-state index contributed by atoms with van der Waals surface area (Å²) >= 11 is 5.20. The van der Waals surface area contributed by atoms with Crippen molar-refractivity contribution in [3.63, 3.8) is 0 Å². The number of hydrogen-bond donors (Lipinski definition) is 0. The van der Waals surface area contributed by atoms with Crippen molar-refractivity contribution >= 4 is 38.9 Å². The highest BCUT2D eigenvalue weighted by Crippen LogP contribution is 2.29. The van der Waals surface area contributed by atoms with Gasteiger partial charge in [0.25, 0.3) is 0 Å². The molecule has 0 spiro atoms. The lowest BCUT2D eigenvalue weighted by Crippen LogP contribution is -2.44. The zero-order valence-electron chi connectivity index (χ0n) is 12.8. The van der Waals surface area contributed by atoms with Crippen molar-refractivity contribution in [3.8, 4) is 0 Å². The number of rotatable bonds is 4. The van der Waals surface area contributed by atoms with Crippen LogP contribution in [0.15, 0.2) is 40.2 Å². The molecule has 116 valence electrons.